The number of halogens is 3. The van der Waals surface area contributed by atoms with Gasteiger partial charge in [-0.25, -0.2) is 8.78 Å². The van der Waals surface area contributed by atoms with Gasteiger partial charge < -0.3 is 5.11 Å². The molecular formula is C12H10BrF2NOS. The molecule has 1 aromatic rings. The van der Waals surface area contributed by atoms with Crippen molar-refractivity contribution >= 4 is 33.2 Å². The van der Waals surface area contributed by atoms with Crippen LogP contribution < -0.4 is 0 Å². The van der Waals surface area contributed by atoms with Gasteiger partial charge in [-0.2, -0.15) is 0 Å². The summed E-state index contributed by atoms with van der Waals surface area (Å²) >= 11 is 4.44. The zero-order valence-corrected chi connectivity index (χ0v) is 11.6. The van der Waals surface area contributed by atoms with Gasteiger partial charge in [0, 0.05) is 14.9 Å². The number of rotatable bonds is 3. The fourth-order valence-electron chi connectivity index (χ4n) is 1.73. The molecule has 6 heteroatoms. The summed E-state index contributed by atoms with van der Waals surface area (Å²) in [5.74, 6) is -0.520. The van der Waals surface area contributed by atoms with E-state index >= 15 is 0 Å². The lowest BCUT2D eigenvalue weighted by Gasteiger charge is -2.27. The first kappa shape index (κ1) is 13.7. The number of aliphatic hydroxyl groups is 1. The topological polar surface area (TPSA) is 32.6 Å². The summed E-state index contributed by atoms with van der Waals surface area (Å²) < 4.78 is 27.9. The number of nitrogens with zero attached hydrogens (tertiary/aromatic N) is 1. The Bertz CT molecular complexity index is 521. The number of thioether (sulfide) groups is 1. The zero-order chi connectivity index (χ0) is 13.2. The van der Waals surface area contributed by atoms with Crippen LogP contribution in [0.15, 0.2) is 38.6 Å². The minimum absolute atomic E-state index is 0.155. The number of aliphatic imine (C=N–C) groups is 1. The first-order valence-electron chi connectivity index (χ1n) is 5.16. The number of hydrogen-bond donors (Lipinski definition) is 1. The van der Waals surface area contributed by atoms with Crippen LogP contribution in [0.25, 0.3) is 0 Å². The van der Waals surface area contributed by atoms with Gasteiger partial charge in [0.15, 0.2) is 0 Å². The summed E-state index contributed by atoms with van der Waals surface area (Å²) in [6.45, 7) is -1.07. The Morgan fingerprint density at radius 2 is 2.22 bits per heavy atom. The SMILES string of the molecule is OCC1=C[C@@](CF)(c2cc(Br)ccc2F)N=CS1. The predicted molar refractivity (Wildman–Crippen MR) is 73.0 cm³/mol. The fourth-order valence-corrected chi connectivity index (χ4v) is 2.81. The molecule has 1 atom stereocenters. The Morgan fingerprint density at radius 1 is 1.44 bits per heavy atom. The van der Waals surface area contributed by atoms with Crippen molar-refractivity contribution in [2.75, 3.05) is 13.3 Å². The molecule has 18 heavy (non-hydrogen) atoms. The van der Waals surface area contributed by atoms with Gasteiger partial charge in [0.1, 0.15) is 18.0 Å². The smallest absolute Gasteiger partial charge is 0.137 e. The van der Waals surface area contributed by atoms with Gasteiger partial charge in [-0.1, -0.05) is 27.7 Å². The lowest BCUT2D eigenvalue weighted by atomic mass is 9.90. The van der Waals surface area contributed by atoms with Gasteiger partial charge in [0.05, 0.1) is 12.2 Å². The van der Waals surface area contributed by atoms with Gasteiger partial charge >= 0.3 is 0 Å². The number of aliphatic hydroxyl groups excluding tert-OH is 1. The highest BCUT2D eigenvalue weighted by atomic mass is 79.9. The monoisotopic (exact) mass is 333 g/mol. The minimum Gasteiger partial charge on any atom is -0.391 e. The van der Waals surface area contributed by atoms with Crippen LogP contribution >= 0.6 is 27.7 Å². The van der Waals surface area contributed by atoms with Crippen molar-refractivity contribution in [2.45, 2.75) is 5.54 Å². The molecule has 0 radical (unpaired) electrons. The molecule has 0 aliphatic carbocycles. The third-order valence-corrected chi connectivity index (χ3v) is 3.90. The quantitative estimate of drug-likeness (QED) is 0.919. The van der Waals surface area contributed by atoms with Gasteiger partial charge in [0.25, 0.3) is 0 Å². The minimum atomic E-state index is -1.38. The van der Waals surface area contributed by atoms with E-state index in [9.17, 15) is 8.78 Å². The van der Waals surface area contributed by atoms with E-state index in [1.54, 1.807) is 6.07 Å². The molecule has 1 aromatic carbocycles. The molecule has 1 heterocycles. The maximum Gasteiger partial charge on any atom is 0.137 e. The summed E-state index contributed by atoms with van der Waals surface area (Å²) in [6.07, 6.45) is 1.47. The van der Waals surface area contributed by atoms with Crippen LogP contribution in [0, 0.1) is 5.82 Å². The Labute approximate surface area is 116 Å². The lowest BCUT2D eigenvalue weighted by Crippen LogP contribution is -2.27. The van der Waals surface area contributed by atoms with E-state index in [1.165, 1.54) is 35.5 Å². The van der Waals surface area contributed by atoms with Crippen molar-refractivity contribution in [3.63, 3.8) is 0 Å². The molecule has 2 nitrogen and oxygen atoms in total. The Balaban J connectivity index is 2.56. The van der Waals surface area contributed by atoms with Gasteiger partial charge in [0.2, 0.25) is 0 Å². The summed E-state index contributed by atoms with van der Waals surface area (Å²) in [6, 6.07) is 4.32. The number of benzene rings is 1. The first-order chi connectivity index (χ1) is 8.61. The molecule has 0 bridgehead atoms. The lowest BCUT2D eigenvalue weighted by molar-refractivity contribution is 0.330. The highest BCUT2D eigenvalue weighted by Crippen LogP contribution is 2.37. The van der Waals surface area contributed by atoms with Crippen LogP contribution in [0.3, 0.4) is 0 Å². The highest BCUT2D eigenvalue weighted by molar-refractivity contribution is 9.10. The van der Waals surface area contributed by atoms with Crippen molar-refractivity contribution in [3.8, 4) is 0 Å². The predicted octanol–water partition coefficient (Wildman–Crippen LogP) is 3.40. The van der Waals surface area contributed by atoms with Crippen LogP contribution in [0.2, 0.25) is 0 Å². The maximum atomic E-state index is 13.9. The van der Waals surface area contributed by atoms with Crippen molar-refractivity contribution in [1.82, 2.24) is 0 Å². The van der Waals surface area contributed by atoms with Crippen LogP contribution in [-0.2, 0) is 5.54 Å². The largest absolute Gasteiger partial charge is 0.391 e. The van der Waals surface area contributed by atoms with Crippen LogP contribution in [-0.4, -0.2) is 23.9 Å². The van der Waals surface area contributed by atoms with E-state index in [1.807, 2.05) is 0 Å². The fraction of sp³-hybridized carbons (Fsp3) is 0.250. The van der Waals surface area contributed by atoms with Crippen molar-refractivity contribution in [1.29, 1.82) is 0 Å². The second-order valence-corrected chi connectivity index (χ2v) is 5.69. The molecule has 0 aromatic heterocycles. The van der Waals surface area contributed by atoms with Crippen LogP contribution in [0.1, 0.15) is 5.56 Å². The van der Waals surface area contributed by atoms with Crippen LogP contribution in [0.5, 0.6) is 0 Å². The average molecular weight is 334 g/mol. The van der Waals surface area contributed by atoms with E-state index in [0.29, 0.717) is 9.38 Å². The summed E-state index contributed by atoms with van der Waals surface area (Å²) in [5.41, 5.74) is 0.213. The van der Waals surface area contributed by atoms with E-state index in [0.717, 1.165) is 0 Å². The molecule has 0 saturated heterocycles. The van der Waals surface area contributed by atoms with Gasteiger partial charge in [-0.3, -0.25) is 4.99 Å². The molecule has 0 saturated carbocycles. The van der Waals surface area contributed by atoms with E-state index in [-0.39, 0.29) is 12.2 Å². The molecule has 0 amide bonds. The third kappa shape index (κ3) is 2.50. The van der Waals surface area contributed by atoms with Crippen LogP contribution in [0.4, 0.5) is 8.78 Å². The molecule has 2 rings (SSSR count). The maximum absolute atomic E-state index is 13.9. The molecule has 1 aliphatic rings. The van der Waals surface area contributed by atoms with Crippen molar-refractivity contribution in [3.05, 3.63) is 45.0 Å². The average Bonchev–Trinajstić information content (AvgIpc) is 2.41. The second-order valence-electron chi connectivity index (χ2n) is 3.80. The Hall–Kier alpha value is -0.720. The summed E-state index contributed by atoms with van der Waals surface area (Å²) in [5, 5.41) is 9.11. The first-order valence-corrected chi connectivity index (χ1v) is 6.83. The third-order valence-electron chi connectivity index (χ3n) is 2.64. The molecule has 0 spiro atoms. The summed E-state index contributed by atoms with van der Waals surface area (Å²) in [7, 11) is 0. The molecule has 96 valence electrons. The Kier molecular flexibility index (Phi) is 4.19. The molecule has 1 N–H and O–H groups in total. The summed E-state index contributed by atoms with van der Waals surface area (Å²) in [4.78, 5) is 4.62. The van der Waals surface area contributed by atoms with E-state index in [2.05, 4.69) is 20.9 Å². The molecule has 0 fully saturated rings. The Morgan fingerprint density at radius 3 is 2.89 bits per heavy atom. The number of hydrogen-bond acceptors (Lipinski definition) is 3. The van der Waals surface area contributed by atoms with E-state index in [4.69, 9.17) is 5.11 Å². The highest BCUT2D eigenvalue weighted by Gasteiger charge is 2.34. The van der Waals surface area contributed by atoms with Crippen molar-refractivity contribution < 1.29 is 13.9 Å². The van der Waals surface area contributed by atoms with E-state index < -0.39 is 18.0 Å². The second kappa shape index (κ2) is 5.50. The zero-order valence-electron chi connectivity index (χ0n) is 9.24. The normalized spacial score (nSPS) is 23.0. The standard InChI is InChI=1S/C12H10BrF2NOS/c13-8-1-2-11(15)10(3-8)12(6-14)4-9(5-17)18-7-16-12/h1-4,7,17H,5-6H2/t12-/m1/s1. The molecular weight excluding hydrogens is 324 g/mol. The molecule has 0 unspecified atom stereocenters. The number of alkyl halides is 1. The van der Waals surface area contributed by atoms with Crippen molar-refractivity contribution in [2.24, 2.45) is 4.99 Å². The van der Waals surface area contributed by atoms with Gasteiger partial charge in [-0.15, -0.1) is 0 Å². The molecule has 1 aliphatic heterocycles. The van der Waals surface area contributed by atoms with Gasteiger partial charge in [-0.05, 0) is 24.3 Å².